The first kappa shape index (κ1) is 13.1. The van der Waals surface area contributed by atoms with Gasteiger partial charge in [-0.3, -0.25) is 9.98 Å². The number of allylic oxidation sites excluding steroid dienone is 1. The van der Waals surface area contributed by atoms with Crippen LogP contribution in [0.5, 0.6) is 5.75 Å². The molecule has 3 atom stereocenters. The summed E-state index contributed by atoms with van der Waals surface area (Å²) in [6.45, 7) is 1.22. The van der Waals surface area contributed by atoms with Crippen LogP contribution in [0.25, 0.3) is 5.57 Å². The maximum absolute atomic E-state index is 11.4. The average molecular weight is 323 g/mol. The monoisotopic (exact) mass is 323 g/mol. The van der Waals surface area contributed by atoms with Crippen molar-refractivity contribution in [2.75, 3.05) is 18.0 Å². The Kier molecular flexibility index (Phi) is 2.04. The number of benzene rings is 1. The van der Waals surface area contributed by atoms with Crippen LogP contribution < -0.4 is 15.5 Å². The molecule has 3 N–H and O–H groups in total. The molecule has 0 radical (unpaired) electrons. The molecule has 4 heterocycles. The fraction of sp³-hybridized carbons (Fsp3) is 0.444. The molecule has 1 unspecified atom stereocenters. The summed E-state index contributed by atoms with van der Waals surface area (Å²) in [4.78, 5) is 10.9. The lowest BCUT2D eigenvalue weighted by atomic mass is 9.62. The number of rotatable bonds is 0. The molecule has 122 valence electrons. The fourth-order valence-electron chi connectivity index (χ4n) is 5.30. The summed E-state index contributed by atoms with van der Waals surface area (Å²) < 4.78 is 0. The number of hydrogen-bond acceptors (Lipinski definition) is 6. The lowest BCUT2D eigenvalue weighted by Crippen LogP contribution is -2.68. The molecule has 2 bridgehead atoms. The van der Waals surface area contributed by atoms with Crippen molar-refractivity contribution < 1.29 is 15.3 Å². The van der Waals surface area contributed by atoms with E-state index in [1.54, 1.807) is 6.08 Å². The molecular formula is C18H17N3O3. The molecule has 24 heavy (non-hydrogen) atoms. The molecule has 4 aliphatic heterocycles. The van der Waals surface area contributed by atoms with Crippen molar-refractivity contribution in [1.82, 2.24) is 0 Å². The second-order valence-corrected chi connectivity index (χ2v) is 7.48. The molecule has 0 saturated carbocycles. The molecule has 6 rings (SSSR count). The molecule has 5 aliphatic rings. The predicted octanol–water partition coefficient (Wildman–Crippen LogP) is -0.247. The van der Waals surface area contributed by atoms with E-state index in [0.717, 1.165) is 34.9 Å². The second-order valence-electron chi connectivity index (χ2n) is 7.48. The zero-order valence-electron chi connectivity index (χ0n) is 13.0. The van der Waals surface area contributed by atoms with E-state index < -0.39 is 11.8 Å². The molecule has 0 saturated heterocycles. The van der Waals surface area contributed by atoms with Crippen LogP contribution in [0.3, 0.4) is 0 Å². The van der Waals surface area contributed by atoms with Gasteiger partial charge in [-0.15, -0.1) is 0 Å². The number of phenolic OH excluding ortho intramolecular Hbond substituents is 1. The highest BCUT2D eigenvalue weighted by Crippen LogP contribution is 2.53. The van der Waals surface area contributed by atoms with Gasteiger partial charge in [0.05, 0.1) is 5.69 Å². The molecule has 1 spiro atoms. The van der Waals surface area contributed by atoms with Crippen LogP contribution >= 0.6 is 0 Å². The summed E-state index contributed by atoms with van der Waals surface area (Å²) in [5.74, 6) is 0.154. The Morgan fingerprint density at radius 1 is 1.33 bits per heavy atom. The Balaban J connectivity index is 1.88. The maximum Gasteiger partial charge on any atom is 0.169 e. The van der Waals surface area contributed by atoms with Crippen molar-refractivity contribution >= 4 is 23.2 Å². The molecule has 6 nitrogen and oxygen atoms in total. The lowest BCUT2D eigenvalue weighted by molar-refractivity contribution is -0.0833. The quantitative estimate of drug-likeness (QED) is 0.575. The minimum Gasteiger partial charge on any atom is -0.504 e. The van der Waals surface area contributed by atoms with Gasteiger partial charge in [0.2, 0.25) is 0 Å². The number of aliphatic hydroxyl groups excluding tert-OH is 1. The highest BCUT2D eigenvalue weighted by Gasteiger charge is 2.58. The molecule has 0 fully saturated rings. The molecule has 1 aliphatic carbocycles. The standard InChI is InChI=1S/C18H17N3O3/c22-10-1-3-17-4-5-19-14-12(17)15-11-9(7-20-13(11)16(14)23)2-6-21(15)18(10,24)8-17/h1,3,7,10,22-24H,2,4-6,8H2/t10-,17?,18-/m1/s1. The minimum absolute atomic E-state index is 0.154. The van der Waals surface area contributed by atoms with Crippen LogP contribution in [0.4, 0.5) is 11.4 Å². The number of aliphatic imine (C=N–C) groups is 1. The van der Waals surface area contributed by atoms with E-state index in [1.165, 1.54) is 0 Å². The van der Waals surface area contributed by atoms with Gasteiger partial charge < -0.3 is 20.2 Å². The van der Waals surface area contributed by atoms with Crippen LogP contribution in [0.2, 0.25) is 0 Å². The van der Waals surface area contributed by atoms with E-state index >= 15 is 0 Å². The first-order valence-corrected chi connectivity index (χ1v) is 8.44. The average Bonchev–Trinajstić information content (AvgIpc) is 3.01. The Labute approximate surface area is 137 Å². The van der Waals surface area contributed by atoms with Gasteiger partial charge in [-0.1, -0.05) is 12.2 Å². The second kappa shape index (κ2) is 3.73. The van der Waals surface area contributed by atoms with Gasteiger partial charge in [0.15, 0.2) is 11.5 Å². The van der Waals surface area contributed by atoms with Crippen molar-refractivity contribution in [1.29, 1.82) is 0 Å². The number of phenols is 1. The topological polar surface area (TPSA) is 88.7 Å². The number of aliphatic hydroxyl groups is 2. The van der Waals surface area contributed by atoms with E-state index in [4.69, 9.17) is 0 Å². The van der Waals surface area contributed by atoms with Crippen LogP contribution in [-0.2, 0) is 5.41 Å². The predicted molar refractivity (Wildman–Crippen MR) is 88.3 cm³/mol. The number of fused-ring (bicyclic) bond motifs is 2. The van der Waals surface area contributed by atoms with E-state index in [-0.39, 0.29) is 11.2 Å². The van der Waals surface area contributed by atoms with Gasteiger partial charge in [-0.05, 0) is 18.4 Å². The van der Waals surface area contributed by atoms with Crippen LogP contribution in [0, 0.1) is 0 Å². The van der Waals surface area contributed by atoms with E-state index in [1.807, 2.05) is 17.2 Å². The third-order valence-electron chi connectivity index (χ3n) is 6.38. The number of anilines is 1. The number of aromatic hydroxyl groups is 1. The molecule has 0 amide bonds. The maximum atomic E-state index is 11.4. The summed E-state index contributed by atoms with van der Waals surface area (Å²) in [6.07, 6.45) is 6.57. The Morgan fingerprint density at radius 3 is 3.08 bits per heavy atom. The largest absolute Gasteiger partial charge is 0.504 e. The number of hydrogen-bond donors (Lipinski definition) is 3. The highest BCUT2D eigenvalue weighted by molar-refractivity contribution is 6.10. The molecule has 1 aromatic rings. The summed E-state index contributed by atoms with van der Waals surface area (Å²) >= 11 is 0. The van der Waals surface area contributed by atoms with Crippen molar-refractivity contribution in [3.63, 3.8) is 0 Å². The normalized spacial score (nSPS) is 36.7. The van der Waals surface area contributed by atoms with E-state index in [0.29, 0.717) is 30.6 Å². The summed E-state index contributed by atoms with van der Waals surface area (Å²) in [5, 5.41) is 34.2. The Morgan fingerprint density at radius 2 is 2.21 bits per heavy atom. The summed E-state index contributed by atoms with van der Waals surface area (Å²) in [7, 11) is 0. The van der Waals surface area contributed by atoms with Gasteiger partial charge in [-0.2, -0.15) is 0 Å². The van der Waals surface area contributed by atoms with Crippen molar-refractivity contribution in [3.8, 4) is 5.75 Å². The first-order chi connectivity index (χ1) is 11.6. The lowest BCUT2D eigenvalue weighted by Gasteiger charge is -2.57. The van der Waals surface area contributed by atoms with Crippen LogP contribution in [0.1, 0.15) is 24.8 Å². The SMILES string of the molecule is Oc1c2c3c4c5c1=NCCC51C=C[C@@H](O)[C@](O)(C1)N4CCC=3C=N2. The van der Waals surface area contributed by atoms with E-state index in [2.05, 4.69) is 9.98 Å². The Hall–Kier alpha value is -2.18. The van der Waals surface area contributed by atoms with Gasteiger partial charge >= 0.3 is 0 Å². The zero-order chi connectivity index (χ0) is 16.3. The fourth-order valence-corrected chi connectivity index (χ4v) is 5.30. The van der Waals surface area contributed by atoms with Gasteiger partial charge in [-0.25, -0.2) is 0 Å². The van der Waals surface area contributed by atoms with Crippen LogP contribution in [0.15, 0.2) is 22.1 Å². The van der Waals surface area contributed by atoms with Crippen molar-refractivity contribution in [2.24, 2.45) is 9.98 Å². The first-order valence-electron chi connectivity index (χ1n) is 8.44. The summed E-state index contributed by atoms with van der Waals surface area (Å²) in [5.41, 5.74) is 1.88. The van der Waals surface area contributed by atoms with Gasteiger partial charge in [0.25, 0.3) is 0 Å². The van der Waals surface area contributed by atoms with Crippen molar-refractivity contribution in [2.45, 2.75) is 36.5 Å². The molecular weight excluding hydrogens is 306 g/mol. The molecule has 0 aromatic heterocycles. The van der Waals surface area contributed by atoms with Crippen molar-refractivity contribution in [3.05, 3.63) is 28.3 Å². The van der Waals surface area contributed by atoms with Gasteiger partial charge in [0.1, 0.15) is 17.1 Å². The van der Waals surface area contributed by atoms with E-state index in [9.17, 15) is 15.3 Å². The summed E-state index contributed by atoms with van der Waals surface area (Å²) in [6, 6.07) is 0. The zero-order valence-corrected chi connectivity index (χ0v) is 13.0. The van der Waals surface area contributed by atoms with Gasteiger partial charge in [0, 0.05) is 41.9 Å². The third kappa shape index (κ3) is 1.19. The molecule has 1 aromatic carbocycles. The Bertz CT molecular complexity index is 1010. The molecule has 6 heteroatoms. The number of nitrogens with zero attached hydrogens (tertiary/aromatic N) is 3. The smallest absolute Gasteiger partial charge is 0.169 e. The minimum atomic E-state index is -1.31. The highest BCUT2D eigenvalue weighted by atomic mass is 16.4. The third-order valence-corrected chi connectivity index (χ3v) is 6.38. The van der Waals surface area contributed by atoms with Crippen LogP contribution in [-0.4, -0.2) is 46.5 Å².